The number of amides is 1. The largest absolute Gasteiger partial charge is 0.493 e. The van der Waals surface area contributed by atoms with Gasteiger partial charge in [-0.15, -0.1) is 6.42 Å². The second kappa shape index (κ2) is 7.60. The monoisotopic (exact) mass is 388 g/mol. The van der Waals surface area contributed by atoms with Gasteiger partial charge in [-0.05, 0) is 24.3 Å². The third kappa shape index (κ3) is 3.55. The molecule has 0 bridgehead atoms. The number of nitrogens with zero attached hydrogens (tertiary/aromatic N) is 2. The van der Waals surface area contributed by atoms with Gasteiger partial charge in [0.1, 0.15) is 5.82 Å². The van der Waals surface area contributed by atoms with E-state index in [9.17, 15) is 13.6 Å². The molecule has 0 atom stereocenters. The minimum absolute atomic E-state index is 0.0133. The standard InChI is InChI=1S/C19H14F2N2O3S/c1-4-7-23-17-13(21)9-12(20)10-16(17)27-19(23)22-18(24)11-5-6-14(25-2)15(8-11)26-3/h1,5-6,8-10H,7H2,2-3H3. The van der Waals surface area contributed by atoms with Gasteiger partial charge >= 0.3 is 0 Å². The Kier molecular flexibility index (Phi) is 5.23. The predicted molar refractivity (Wildman–Crippen MR) is 98.0 cm³/mol. The fourth-order valence-corrected chi connectivity index (χ4v) is 3.64. The lowest BCUT2D eigenvalue weighted by Crippen LogP contribution is -2.17. The summed E-state index contributed by atoms with van der Waals surface area (Å²) in [5, 5.41) is 0. The zero-order chi connectivity index (χ0) is 19.6. The number of thiazole rings is 1. The molecule has 0 spiro atoms. The first-order valence-corrected chi connectivity index (χ1v) is 8.53. The van der Waals surface area contributed by atoms with E-state index in [-0.39, 0.29) is 22.4 Å². The summed E-state index contributed by atoms with van der Waals surface area (Å²) in [6.07, 6.45) is 5.35. The zero-order valence-corrected chi connectivity index (χ0v) is 15.3. The summed E-state index contributed by atoms with van der Waals surface area (Å²) in [5.74, 6) is 1.18. The van der Waals surface area contributed by atoms with Crippen molar-refractivity contribution in [2.24, 2.45) is 4.99 Å². The lowest BCUT2D eigenvalue weighted by atomic mass is 10.2. The summed E-state index contributed by atoms with van der Waals surface area (Å²) in [7, 11) is 2.94. The summed E-state index contributed by atoms with van der Waals surface area (Å²) in [4.78, 5) is 16.8. The average molecular weight is 388 g/mol. The molecule has 3 rings (SSSR count). The molecule has 0 radical (unpaired) electrons. The predicted octanol–water partition coefficient (Wildman–Crippen LogP) is 3.37. The number of rotatable bonds is 4. The summed E-state index contributed by atoms with van der Waals surface area (Å²) in [6, 6.07) is 6.55. The number of aromatic nitrogens is 1. The fourth-order valence-electron chi connectivity index (χ4n) is 2.57. The minimum Gasteiger partial charge on any atom is -0.493 e. The molecule has 0 fully saturated rings. The van der Waals surface area contributed by atoms with E-state index >= 15 is 0 Å². The van der Waals surface area contributed by atoms with Crippen molar-refractivity contribution in [2.75, 3.05) is 14.2 Å². The maximum atomic E-state index is 14.2. The highest BCUT2D eigenvalue weighted by atomic mass is 32.1. The van der Waals surface area contributed by atoms with Gasteiger partial charge < -0.3 is 14.0 Å². The number of carbonyl (C=O) groups is 1. The van der Waals surface area contributed by atoms with Gasteiger partial charge in [0, 0.05) is 11.6 Å². The van der Waals surface area contributed by atoms with Crippen LogP contribution in [0.5, 0.6) is 11.5 Å². The van der Waals surface area contributed by atoms with E-state index in [0.717, 1.165) is 17.4 Å². The minimum atomic E-state index is -0.767. The van der Waals surface area contributed by atoms with E-state index in [0.29, 0.717) is 16.2 Å². The molecule has 138 valence electrons. The normalized spacial score (nSPS) is 11.4. The Labute approximate surface area is 157 Å². The van der Waals surface area contributed by atoms with Crippen molar-refractivity contribution in [2.45, 2.75) is 6.54 Å². The van der Waals surface area contributed by atoms with Crippen LogP contribution in [-0.2, 0) is 6.54 Å². The highest BCUT2D eigenvalue weighted by Gasteiger charge is 2.15. The summed E-state index contributed by atoms with van der Waals surface area (Å²) >= 11 is 0.977. The van der Waals surface area contributed by atoms with Gasteiger partial charge in [-0.2, -0.15) is 4.99 Å². The highest BCUT2D eigenvalue weighted by Crippen LogP contribution is 2.28. The van der Waals surface area contributed by atoms with E-state index in [1.165, 1.54) is 37.0 Å². The van der Waals surface area contributed by atoms with Crippen LogP contribution in [0.2, 0.25) is 0 Å². The van der Waals surface area contributed by atoms with Crippen molar-refractivity contribution in [3.63, 3.8) is 0 Å². The Hall–Kier alpha value is -3.18. The Bertz CT molecular complexity index is 1140. The number of hydrogen-bond acceptors (Lipinski definition) is 4. The number of terminal acetylenes is 1. The number of carbonyl (C=O) groups excluding carboxylic acids is 1. The first-order valence-electron chi connectivity index (χ1n) is 7.71. The molecule has 27 heavy (non-hydrogen) atoms. The van der Waals surface area contributed by atoms with Crippen LogP contribution >= 0.6 is 11.3 Å². The molecule has 8 heteroatoms. The topological polar surface area (TPSA) is 52.8 Å². The SMILES string of the molecule is C#CCn1c(=NC(=O)c2ccc(OC)c(OC)c2)sc2cc(F)cc(F)c21. The molecule has 0 aliphatic carbocycles. The van der Waals surface area contributed by atoms with Gasteiger partial charge in [-0.25, -0.2) is 8.78 Å². The molecular formula is C19H14F2N2O3S. The van der Waals surface area contributed by atoms with E-state index in [1.807, 2.05) is 0 Å². The summed E-state index contributed by atoms with van der Waals surface area (Å²) < 4.78 is 39.7. The van der Waals surface area contributed by atoms with Gasteiger partial charge in [0.15, 0.2) is 22.1 Å². The quantitative estimate of drug-likeness (QED) is 0.644. The number of benzene rings is 2. The zero-order valence-electron chi connectivity index (χ0n) is 14.5. The van der Waals surface area contributed by atoms with Crippen molar-refractivity contribution in [1.29, 1.82) is 0 Å². The molecule has 0 aliphatic rings. The van der Waals surface area contributed by atoms with Gasteiger partial charge in [0.05, 0.1) is 31.0 Å². The second-order valence-corrected chi connectivity index (χ2v) is 6.41. The van der Waals surface area contributed by atoms with Crippen LogP contribution in [0, 0.1) is 24.0 Å². The number of halogens is 2. The molecule has 0 aliphatic heterocycles. The summed E-state index contributed by atoms with van der Waals surface area (Å²) in [5.41, 5.74) is 0.363. The van der Waals surface area contributed by atoms with Crippen LogP contribution in [0.1, 0.15) is 10.4 Å². The van der Waals surface area contributed by atoms with Crippen molar-refractivity contribution in [3.8, 4) is 23.8 Å². The smallest absolute Gasteiger partial charge is 0.279 e. The lowest BCUT2D eigenvalue weighted by Gasteiger charge is -2.07. The van der Waals surface area contributed by atoms with Crippen molar-refractivity contribution >= 4 is 27.5 Å². The van der Waals surface area contributed by atoms with Gasteiger partial charge in [0.25, 0.3) is 5.91 Å². The highest BCUT2D eigenvalue weighted by molar-refractivity contribution is 7.16. The third-order valence-electron chi connectivity index (χ3n) is 3.77. The average Bonchev–Trinajstić information content (AvgIpc) is 2.98. The van der Waals surface area contributed by atoms with E-state index in [4.69, 9.17) is 15.9 Å². The Balaban J connectivity index is 2.15. The molecule has 2 aromatic carbocycles. The first kappa shape index (κ1) is 18.6. The van der Waals surface area contributed by atoms with E-state index in [2.05, 4.69) is 10.9 Å². The maximum absolute atomic E-state index is 14.2. The lowest BCUT2D eigenvalue weighted by molar-refractivity contribution is 0.0997. The molecule has 0 saturated carbocycles. The van der Waals surface area contributed by atoms with Gasteiger partial charge in [-0.1, -0.05) is 17.3 Å². The van der Waals surface area contributed by atoms with Crippen LogP contribution in [0.15, 0.2) is 35.3 Å². The number of methoxy groups -OCH3 is 2. The van der Waals surface area contributed by atoms with Crippen molar-refractivity contribution in [1.82, 2.24) is 4.57 Å². The molecule has 0 N–H and O–H groups in total. The molecule has 1 heterocycles. The fraction of sp³-hybridized carbons (Fsp3) is 0.158. The molecule has 0 unspecified atom stereocenters. The van der Waals surface area contributed by atoms with Crippen molar-refractivity contribution < 1.29 is 23.0 Å². The molecule has 0 saturated heterocycles. The number of hydrogen-bond donors (Lipinski definition) is 0. The van der Waals surface area contributed by atoms with Gasteiger partial charge in [0.2, 0.25) is 0 Å². The Morgan fingerprint density at radius 1 is 1.22 bits per heavy atom. The second-order valence-electron chi connectivity index (χ2n) is 5.40. The van der Waals surface area contributed by atoms with Crippen LogP contribution in [0.3, 0.4) is 0 Å². The van der Waals surface area contributed by atoms with Gasteiger partial charge in [-0.3, -0.25) is 4.79 Å². The van der Waals surface area contributed by atoms with Crippen LogP contribution in [-0.4, -0.2) is 24.7 Å². The maximum Gasteiger partial charge on any atom is 0.279 e. The Morgan fingerprint density at radius 2 is 1.96 bits per heavy atom. The number of fused-ring (bicyclic) bond motifs is 1. The van der Waals surface area contributed by atoms with Crippen LogP contribution in [0.4, 0.5) is 8.78 Å². The number of ether oxygens (including phenoxy) is 2. The van der Waals surface area contributed by atoms with Crippen LogP contribution < -0.4 is 14.3 Å². The molecule has 1 amide bonds. The third-order valence-corrected chi connectivity index (χ3v) is 4.80. The molecule has 1 aromatic heterocycles. The summed E-state index contributed by atoms with van der Waals surface area (Å²) in [6.45, 7) is -0.0133. The van der Waals surface area contributed by atoms with E-state index < -0.39 is 17.5 Å². The van der Waals surface area contributed by atoms with E-state index in [1.54, 1.807) is 6.07 Å². The van der Waals surface area contributed by atoms with Crippen molar-refractivity contribution in [3.05, 3.63) is 52.3 Å². The van der Waals surface area contributed by atoms with Crippen LogP contribution in [0.25, 0.3) is 10.2 Å². The molecular weight excluding hydrogens is 374 g/mol. The Morgan fingerprint density at radius 3 is 2.63 bits per heavy atom. The molecule has 5 nitrogen and oxygen atoms in total. The molecule has 3 aromatic rings. The first-order chi connectivity index (χ1) is 13.0.